The van der Waals surface area contributed by atoms with Crippen molar-refractivity contribution < 1.29 is 35.2 Å². The SMILES string of the molecule is CCC(F)(F)c1ccc(CNC(=O)[C@H]2CN(c3nc4nc(Cl)ncc4s3)CCN2S(=O)(=O)c2ccc(C(F)(F)F)cc2)cc1. The number of aromatic nitrogens is 3. The van der Waals surface area contributed by atoms with E-state index < -0.39 is 44.5 Å². The van der Waals surface area contributed by atoms with Crippen molar-refractivity contribution in [3.05, 3.63) is 76.7 Å². The molecule has 44 heavy (non-hydrogen) atoms. The number of hydrogen-bond donors (Lipinski definition) is 1. The maximum atomic E-state index is 14.0. The molecular weight excluding hydrogens is 651 g/mol. The van der Waals surface area contributed by atoms with Gasteiger partial charge in [-0.15, -0.1) is 0 Å². The molecule has 2 aromatic heterocycles. The van der Waals surface area contributed by atoms with Gasteiger partial charge in [-0.05, 0) is 41.4 Å². The van der Waals surface area contributed by atoms with Crippen LogP contribution >= 0.6 is 22.9 Å². The largest absolute Gasteiger partial charge is 0.416 e. The fourth-order valence-electron chi connectivity index (χ4n) is 4.61. The van der Waals surface area contributed by atoms with Crippen LogP contribution in [-0.4, -0.2) is 59.3 Å². The van der Waals surface area contributed by atoms with Crippen LogP contribution in [0.1, 0.15) is 30.0 Å². The van der Waals surface area contributed by atoms with Gasteiger partial charge in [-0.25, -0.2) is 22.2 Å². The molecule has 17 heteroatoms. The van der Waals surface area contributed by atoms with E-state index in [1.807, 2.05) is 0 Å². The second-order valence-electron chi connectivity index (χ2n) is 9.90. The Morgan fingerprint density at radius 2 is 1.68 bits per heavy atom. The van der Waals surface area contributed by atoms with E-state index in [0.717, 1.165) is 16.4 Å². The van der Waals surface area contributed by atoms with Gasteiger partial charge >= 0.3 is 6.18 Å². The van der Waals surface area contributed by atoms with Gasteiger partial charge in [0.1, 0.15) is 6.04 Å². The van der Waals surface area contributed by atoms with E-state index in [2.05, 4.69) is 20.3 Å². The number of carbonyl (C=O) groups is 1. The number of sulfonamides is 1. The van der Waals surface area contributed by atoms with E-state index in [1.54, 1.807) is 4.90 Å². The molecule has 1 N–H and O–H groups in total. The van der Waals surface area contributed by atoms with Crippen LogP contribution in [-0.2, 0) is 33.5 Å². The van der Waals surface area contributed by atoms with E-state index in [4.69, 9.17) is 11.6 Å². The molecule has 1 aliphatic heterocycles. The third-order valence-corrected chi connectivity index (χ3v) is 10.2. The second kappa shape index (κ2) is 12.1. The lowest BCUT2D eigenvalue weighted by atomic mass is 10.0. The number of hydrogen-bond acceptors (Lipinski definition) is 8. The van der Waals surface area contributed by atoms with Gasteiger partial charge < -0.3 is 10.2 Å². The molecule has 0 aliphatic carbocycles. The molecule has 9 nitrogen and oxygen atoms in total. The summed E-state index contributed by atoms with van der Waals surface area (Å²) in [5.74, 6) is -3.70. The topological polar surface area (TPSA) is 108 Å². The second-order valence-corrected chi connectivity index (χ2v) is 13.1. The maximum absolute atomic E-state index is 14.0. The lowest BCUT2D eigenvalue weighted by molar-refractivity contribution is -0.137. The number of fused-ring (bicyclic) bond motifs is 1. The van der Waals surface area contributed by atoms with Gasteiger partial charge in [0.15, 0.2) is 10.8 Å². The lowest BCUT2D eigenvalue weighted by Gasteiger charge is -2.39. The first-order valence-electron chi connectivity index (χ1n) is 13.2. The fourth-order valence-corrected chi connectivity index (χ4v) is 7.22. The Hall–Kier alpha value is -3.47. The van der Waals surface area contributed by atoms with Crippen molar-refractivity contribution >= 4 is 54.3 Å². The van der Waals surface area contributed by atoms with Gasteiger partial charge in [-0.1, -0.05) is 42.5 Å². The summed E-state index contributed by atoms with van der Waals surface area (Å²) >= 11 is 7.08. The predicted molar refractivity (Wildman–Crippen MR) is 154 cm³/mol. The minimum absolute atomic E-state index is 0.00879. The van der Waals surface area contributed by atoms with Crippen molar-refractivity contribution in [1.82, 2.24) is 24.6 Å². The van der Waals surface area contributed by atoms with Crippen LogP contribution in [0.25, 0.3) is 10.3 Å². The molecule has 5 rings (SSSR count). The zero-order valence-corrected chi connectivity index (χ0v) is 25.2. The molecule has 2 aromatic carbocycles. The molecule has 0 radical (unpaired) electrons. The van der Waals surface area contributed by atoms with Gasteiger partial charge in [0.25, 0.3) is 5.92 Å². The number of piperazine rings is 1. The van der Waals surface area contributed by atoms with Crippen molar-refractivity contribution in [1.29, 1.82) is 0 Å². The molecular formula is C27H24ClF5N6O3S2. The molecule has 4 aromatic rings. The third kappa shape index (κ3) is 6.62. The minimum atomic E-state index is -4.66. The Morgan fingerprint density at radius 3 is 2.32 bits per heavy atom. The van der Waals surface area contributed by atoms with Crippen LogP contribution in [0.4, 0.5) is 27.1 Å². The van der Waals surface area contributed by atoms with Gasteiger partial charge in [0.2, 0.25) is 21.2 Å². The van der Waals surface area contributed by atoms with Crippen molar-refractivity contribution in [3.63, 3.8) is 0 Å². The Morgan fingerprint density at radius 1 is 1.02 bits per heavy atom. The number of benzene rings is 2. The molecule has 0 unspecified atom stereocenters. The zero-order chi connectivity index (χ0) is 31.9. The Balaban J connectivity index is 1.41. The van der Waals surface area contributed by atoms with E-state index in [0.29, 0.717) is 33.2 Å². The Bertz CT molecular complexity index is 1770. The summed E-state index contributed by atoms with van der Waals surface area (Å²) < 4.78 is 96.1. The monoisotopic (exact) mass is 674 g/mol. The number of nitrogens with one attached hydrogen (secondary N) is 1. The normalized spacial score (nSPS) is 16.8. The molecule has 0 saturated carbocycles. The molecule has 1 amide bonds. The molecule has 1 atom stereocenters. The van der Waals surface area contributed by atoms with Gasteiger partial charge in [-0.3, -0.25) is 4.79 Å². The summed E-state index contributed by atoms with van der Waals surface area (Å²) in [4.78, 5) is 27.3. The van der Waals surface area contributed by atoms with E-state index in [9.17, 15) is 35.2 Å². The first kappa shape index (κ1) is 31.9. The van der Waals surface area contributed by atoms with Gasteiger partial charge in [0.05, 0.1) is 21.4 Å². The van der Waals surface area contributed by atoms with Gasteiger partial charge in [0, 0.05) is 38.2 Å². The maximum Gasteiger partial charge on any atom is 0.416 e. The number of alkyl halides is 5. The first-order valence-corrected chi connectivity index (χ1v) is 15.8. The van der Waals surface area contributed by atoms with Crippen LogP contribution in [0.5, 0.6) is 0 Å². The molecule has 1 saturated heterocycles. The highest BCUT2D eigenvalue weighted by Crippen LogP contribution is 2.34. The quantitative estimate of drug-likeness (QED) is 0.196. The first-order chi connectivity index (χ1) is 20.7. The van der Waals surface area contributed by atoms with E-state index >= 15 is 0 Å². The van der Waals surface area contributed by atoms with Crippen molar-refractivity contribution in [3.8, 4) is 0 Å². The van der Waals surface area contributed by atoms with Crippen molar-refractivity contribution in [2.75, 3.05) is 24.5 Å². The van der Waals surface area contributed by atoms with Crippen LogP contribution in [0.3, 0.4) is 0 Å². The average Bonchev–Trinajstić information content (AvgIpc) is 3.42. The Kier molecular flexibility index (Phi) is 8.81. The number of amides is 1. The van der Waals surface area contributed by atoms with Crippen LogP contribution in [0.15, 0.2) is 59.6 Å². The van der Waals surface area contributed by atoms with Crippen molar-refractivity contribution in [2.45, 2.75) is 42.9 Å². The summed E-state index contributed by atoms with van der Waals surface area (Å²) in [5, 5.41) is 3.09. The third-order valence-electron chi connectivity index (χ3n) is 7.09. The fraction of sp³-hybridized carbons (Fsp3) is 0.333. The van der Waals surface area contributed by atoms with Crippen LogP contribution in [0, 0.1) is 0 Å². The van der Waals surface area contributed by atoms with Gasteiger partial charge in [-0.2, -0.15) is 27.4 Å². The molecule has 0 spiro atoms. The van der Waals surface area contributed by atoms with Crippen LogP contribution < -0.4 is 10.2 Å². The molecule has 234 valence electrons. The van der Waals surface area contributed by atoms with Crippen LogP contribution in [0.2, 0.25) is 5.28 Å². The number of halogens is 6. The smallest absolute Gasteiger partial charge is 0.351 e. The molecule has 1 aliphatic rings. The Labute approximate surface area is 257 Å². The highest BCUT2D eigenvalue weighted by atomic mass is 35.5. The standard InChI is InChI=1S/C27H24ClF5N6O3S2/c1-2-26(29,30)17-5-3-16(4-6-17)13-34-23(40)20-15-38(25-37-22-21(43-25)14-35-24(28)36-22)11-12-39(20)44(41,42)19-9-7-18(8-10-19)27(31,32)33/h3-10,14,20H,2,11-13,15H2,1H3,(H,34,40)/t20-/m1/s1. The van der Waals surface area contributed by atoms with E-state index in [1.165, 1.54) is 48.7 Å². The number of carbonyl (C=O) groups excluding carboxylic acids is 1. The highest BCUT2D eigenvalue weighted by molar-refractivity contribution is 7.89. The van der Waals surface area contributed by atoms with Crippen molar-refractivity contribution in [2.24, 2.45) is 0 Å². The predicted octanol–water partition coefficient (Wildman–Crippen LogP) is 5.46. The molecule has 3 heterocycles. The summed E-state index contributed by atoms with van der Waals surface area (Å²) in [5.41, 5.74) is -0.366. The summed E-state index contributed by atoms with van der Waals surface area (Å²) in [6.07, 6.45) is -3.55. The summed E-state index contributed by atoms with van der Waals surface area (Å²) in [6.45, 7) is 1.05. The molecule has 0 bridgehead atoms. The molecule has 1 fully saturated rings. The lowest BCUT2D eigenvalue weighted by Crippen LogP contribution is -2.60. The minimum Gasteiger partial charge on any atom is -0.351 e. The number of rotatable bonds is 8. The summed E-state index contributed by atoms with van der Waals surface area (Å²) in [6, 6.07) is 7.11. The number of anilines is 1. The number of thiazole rings is 1. The highest BCUT2D eigenvalue weighted by Gasteiger charge is 2.41. The van der Waals surface area contributed by atoms with E-state index in [-0.39, 0.29) is 43.4 Å². The number of nitrogens with zero attached hydrogens (tertiary/aromatic N) is 5. The average molecular weight is 675 g/mol. The zero-order valence-electron chi connectivity index (χ0n) is 22.9. The summed E-state index contributed by atoms with van der Waals surface area (Å²) in [7, 11) is -4.42.